The maximum absolute atomic E-state index is 12.7. The number of ether oxygens (including phenoxy) is 1. The van der Waals surface area contributed by atoms with Gasteiger partial charge in [0.1, 0.15) is 0 Å². The molecule has 0 saturated carbocycles. The number of hydrogen-bond donors (Lipinski definition) is 1. The van der Waals surface area contributed by atoms with Crippen molar-refractivity contribution in [1.29, 1.82) is 0 Å². The van der Waals surface area contributed by atoms with Gasteiger partial charge in [0.2, 0.25) is 0 Å². The van der Waals surface area contributed by atoms with E-state index in [-0.39, 0.29) is 6.61 Å². The molecule has 4 aromatic carbocycles. The number of esters is 1. The number of carbonyl (C=O) groups excluding carboxylic acids is 2. The lowest BCUT2D eigenvalue weighted by atomic mass is 9.90. The zero-order valence-corrected chi connectivity index (χ0v) is 26.8. The third-order valence-electron chi connectivity index (χ3n) is 7.77. The van der Waals surface area contributed by atoms with Crippen LogP contribution in [0.15, 0.2) is 114 Å². The van der Waals surface area contributed by atoms with Gasteiger partial charge >= 0.3 is 5.97 Å². The van der Waals surface area contributed by atoms with Gasteiger partial charge in [-0.2, -0.15) is 0 Å². The summed E-state index contributed by atoms with van der Waals surface area (Å²) in [6.07, 6.45) is 4.81. The Labute approximate surface area is 267 Å². The molecular formula is C38H37BrN2O3. The van der Waals surface area contributed by atoms with E-state index in [0.717, 1.165) is 53.4 Å². The van der Waals surface area contributed by atoms with Crippen LogP contribution < -0.4 is 5.32 Å². The second-order valence-corrected chi connectivity index (χ2v) is 11.7. The number of allylic oxidation sites excluding steroid dienone is 1. The number of aryl methyl sites for hydroxylation is 1. The summed E-state index contributed by atoms with van der Waals surface area (Å²) in [5.41, 5.74) is 8.47. The monoisotopic (exact) mass is 648 g/mol. The zero-order chi connectivity index (χ0) is 30.9. The van der Waals surface area contributed by atoms with E-state index < -0.39 is 11.8 Å². The van der Waals surface area contributed by atoms with Crippen molar-refractivity contribution in [3.8, 4) is 0 Å². The maximum atomic E-state index is 12.7. The summed E-state index contributed by atoms with van der Waals surface area (Å²) in [4.78, 5) is 24.7. The number of carbonyl (C=O) groups is 2. The number of para-hydroxylation sites is 1. The van der Waals surface area contributed by atoms with Crippen molar-refractivity contribution < 1.29 is 14.3 Å². The lowest BCUT2D eigenvalue weighted by molar-refractivity contribution is -0.137. The normalized spacial score (nSPS) is 11.7. The van der Waals surface area contributed by atoms with Crippen molar-refractivity contribution in [2.45, 2.75) is 39.7 Å². The lowest BCUT2D eigenvalue weighted by Crippen LogP contribution is -2.17. The van der Waals surface area contributed by atoms with Crippen molar-refractivity contribution in [1.82, 2.24) is 4.57 Å². The van der Waals surface area contributed by atoms with Crippen LogP contribution in [-0.2, 0) is 16.1 Å². The van der Waals surface area contributed by atoms with Gasteiger partial charge < -0.3 is 14.6 Å². The molecule has 1 N–H and O–H groups in total. The molecule has 0 atom stereocenters. The Morgan fingerprint density at radius 3 is 2.25 bits per heavy atom. The molecule has 5 aromatic rings. The predicted octanol–water partition coefficient (Wildman–Crippen LogP) is 9.41. The first-order valence-corrected chi connectivity index (χ1v) is 15.9. The number of anilines is 1. The summed E-state index contributed by atoms with van der Waals surface area (Å²) < 4.78 is 8.08. The summed E-state index contributed by atoms with van der Waals surface area (Å²) >= 11 is 3.62. The highest BCUT2D eigenvalue weighted by Gasteiger charge is 2.22. The second kappa shape index (κ2) is 14.8. The topological polar surface area (TPSA) is 60.3 Å². The van der Waals surface area contributed by atoms with E-state index in [1.165, 1.54) is 27.8 Å². The molecule has 1 heterocycles. The van der Waals surface area contributed by atoms with Crippen LogP contribution in [-0.4, -0.2) is 29.5 Å². The van der Waals surface area contributed by atoms with Gasteiger partial charge in [-0.25, -0.2) is 4.79 Å². The van der Waals surface area contributed by atoms with Crippen molar-refractivity contribution in [3.05, 3.63) is 136 Å². The Morgan fingerprint density at radius 2 is 1.50 bits per heavy atom. The fraction of sp³-hybridized carbons (Fsp3) is 0.211. The largest absolute Gasteiger partial charge is 0.460 e. The van der Waals surface area contributed by atoms with Crippen LogP contribution in [0, 0.1) is 0 Å². The third kappa shape index (κ3) is 7.37. The number of halogens is 1. The first-order valence-electron chi connectivity index (χ1n) is 15.1. The highest BCUT2D eigenvalue weighted by molar-refractivity contribution is 9.10. The summed E-state index contributed by atoms with van der Waals surface area (Å²) in [6, 6.07) is 35.4. The van der Waals surface area contributed by atoms with Crippen LogP contribution in [0.4, 0.5) is 5.69 Å². The van der Waals surface area contributed by atoms with Gasteiger partial charge in [0, 0.05) is 40.3 Å². The van der Waals surface area contributed by atoms with Gasteiger partial charge in [0.15, 0.2) is 0 Å². The van der Waals surface area contributed by atoms with E-state index in [4.69, 9.17) is 4.74 Å². The van der Waals surface area contributed by atoms with E-state index in [9.17, 15) is 9.59 Å². The van der Waals surface area contributed by atoms with E-state index in [1.807, 2.05) is 30.3 Å². The van der Waals surface area contributed by atoms with E-state index in [1.54, 1.807) is 13.1 Å². The molecule has 0 amide bonds. The van der Waals surface area contributed by atoms with Crippen LogP contribution in [0.1, 0.15) is 60.2 Å². The molecular weight excluding hydrogens is 612 g/mol. The molecule has 0 aliphatic carbocycles. The van der Waals surface area contributed by atoms with Crippen molar-refractivity contribution >= 4 is 55.4 Å². The Hall–Kier alpha value is -4.42. The average molecular weight is 650 g/mol. The number of benzene rings is 4. The predicted molar refractivity (Wildman–Crippen MR) is 184 cm³/mol. The number of ketones is 1. The molecule has 6 heteroatoms. The smallest absolute Gasteiger partial charge is 0.379 e. The van der Waals surface area contributed by atoms with Crippen molar-refractivity contribution in [2.24, 2.45) is 0 Å². The Morgan fingerprint density at radius 1 is 0.795 bits per heavy atom. The lowest BCUT2D eigenvalue weighted by Gasteiger charge is -2.15. The average Bonchev–Trinajstić information content (AvgIpc) is 3.42. The van der Waals surface area contributed by atoms with Crippen molar-refractivity contribution in [2.75, 3.05) is 18.5 Å². The van der Waals surface area contributed by atoms with Crippen LogP contribution >= 0.6 is 15.9 Å². The van der Waals surface area contributed by atoms with Crippen LogP contribution in [0.3, 0.4) is 0 Å². The third-order valence-corrected chi connectivity index (χ3v) is 8.26. The van der Waals surface area contributed by atoms with E-state index in [2.05, 4.69) is 106 Å². The minimum Gasteiger partial charge on any atom is -0.460 e. The van der Waals surface area contributed by atoms with Crippen LogP contribution in [0.2, 0.25) is 0 Å². The van der Waals surface area contributed by atoms with Gasteiger partial charge in [-0.05, 0) is 91.3 Å². The number of fused-ring (bicyclic) bond motifs is 1. The van der Waals surface area contributed by atoms with Crippen LogP contribution in [0.5, 0.6) is 0 Å². The van der Waals surface area contributed by atoms with Crippen LogP contribution in [0.25, 0.3) is 22.0 Å². The first kappa shape index (κ1) is 31.0. The molecule has 5 rings (SSSR count). The van der Waals surface area contributed by atoms with Gasteiger partial charge in [-0.3, -0.25) is 4.79 Å². The second-order valence-electron chi connectivity index (χ2n) is 10.7. The Balaban J connectivity index is 1.19. The number of hydrogen-bond acceptors (Lipinski definition) is 4. The van der Waals surface area contributed by atoms with Gasteiger partial charge in [0.05, 0.1) is 12.2 Å². The van der Waals surface area contributed by atoms with Gasteiger partial charge in [-0.15, -0.1) is 0 Å². The summed E-state index contributed by atoms with van der Waals surface area (Å²) in [6.45, 7) is 5.71. The number of Topliss-reactive ketones (excluding diaryl/α,β-unsaturated/α-hetero) is 1. The Kier molecular flexibility index (Phi) is 10.5. The molecule has 1 aromatic heterocycles. The zero-order valence-electron chi connectivity index (χ0n) is 25.2. The van der Waals surface area contributed by atoms with Crippen molar-refractivity contribution in [3.63, 3.8) is 0 Å². The molecule has 44 heavy (non-hydrogen) atoms. The summed E-state index contributed by atoms with van der Waals surface area (Å²) in [5.74, 6) is -1.40. The quantitative estimate of drug-likeness (QED) is 0.0454. The maximum Gasteiger partial charge on any atom is 0.379 e. The molecule has 0 fully saturated rings. The molecule has 5 nitrogen and oxygen atoms in total. The molecule has 0 saturated heterocycles. The fourth-order valence-corrected chi connectivity index (χ4v) is 5.96. The van der Waals surface area contributed by atoms with E-state index in [0.29, 0.717) is 5.56 Å². The fourth-order valence-electron chi connectivity index (χ4n) is 5.56. The SMILES string of the molecule is CCOC(=O)C(=O)c1cn(CCCCCNc2ccc(/C(=C(/C)c3cccc(Br)c3)c3ccccc3)cc2)c2ccccc12. The summed E-state index contributed by atoms with van der Waals surface area (Å²) in [7, 11) is 0. The van der Waals surface area contributed by atoms with E-state index >= 15 is 0 Å². The molecule has 0 aliphatic rings. The molecule has 0 radical (unpaired) electrons. The molecule has 0 unspecified atom stereocenters. The number of nitrogens with zero attached hydrogens (tertiary/aromatic N) is 1. The number of aromatic nitrogens is 1. The molecule has 224 valence electrons. The highest BCUT2D eigenvalue weighted by Crippen LogP contribution is 2.33. The minimum absolute atomic E-state index is 0.180. The highest BCUT2D eigenvalue weighted by atomic mass is 79.9. The number of unbranched alkanes of at least 4 members (excludes halogenated alkanes) is 2. The standard InChI is InChI=1S/C38H37BrN2O3/c1-3-44-38(43)37(42)34-26-41(35-18-9-8-17-33(34)35)24-11-5-10-23-40-32-21-19-29(20-22-32)36(28-13-6-4-7-14-28)27(2)30-15-12-16-31(39)25-30/h4,6-9,12-22,25-26,40H,3,5,10-11,23-24H2,1-2H3/b36-27-. The summed E-state index contributed by atoms with van der Waals surface area (Å²) in [5, 5.41) is 4.35. The molecule has 0 bridgehead atoms. The number of nitrogens with one attached hydrogen (secondary N) is 1. The first-order chi connectivity index (χ1) is 21.5. The van der Waals surface area contributed by atoms with Gasteiger partial charge in [-0.1, -0.05) is 88.7 Å². The molecule has 0 aliphatic heterocycles. The molecule has 0 spiro atoms. The number of rotatable bonds is 13. The van der Waals surface area contributed by atoms with Gasteiger partial charge in [0.25, 0.3) is 5.78 Å². The minimum atomic E-state index is -0.804. The Bertz CT molecular complexity index is 1770.